The van der Waals surface area contributed by atoms with Crippen LogP contribution >= 0.6 is 67.8 Å². The van der Waals surface area contributed by atoms with E-state index < -0.39 is 37.2 Å². The monoisotopic (exact) mass is 705 g/mol. The van der Waals surface area contributed by atoms with Crippen molar-refractivity contribution in [3.05, 3.63) is 21.8 Å². The largest absolute Gasteiger partial charge is 0.397 e. The Morgan fingerprint density at radius 3 is 1.50 bits per heavy atom. The first-order valence-corrected chi connectivity index (χ1v) is 10.5. The van der Waals surface area contributed by atoms with Crippen molar-refractivity contribution < 1.29 is 30.0 Å². The van der Waals surface area contributed by atoms with Crippen molar-refractivity contribution in [3.8, 4) is 0 Å². The van der Waals surface area contributed by atoms with Crippen molar-refractivity contribution in [1.29, 1.82) is 0 Å². The number of aliphatic hydroxyl groups excluding tert-OH is 4. The fraction of sp³-hybridized carbons (Fsp3) is 0.429. The standard InChI is InChI=1S/C14H18I3N3O6/c15-9-7(13(25)19-1-5(23)3-21)10(16)12(18)11(17)8(9)14(26)20-2-6(24)4-22/h5-6,21-24H,1-4,18H2,(H,19,25)(H,20,26)/t5-,6-/m1/s1. The number of benzene rings is 1. The Labute approximate surface area is 190 Å². The van der Waals surface area contributed by atoms with E-state index >= 15 is 0 Å². The fourth-order valence-corrected chi connectivity index (χ4v) is 5.95. The molecule has 8 N–H and O–H groups in total. The Hall–Kier alpha value is -0.0100. The third-order valence-corrected chi connectivity index (χ3v) is 6.54. The first-order valence-electron chi connectivity index (χ1n) is 7.25. The number of nitrogen functional groups attached to an aromatic ring is 1. The van der Waals surface area contributed by atoms with Gasteiger partial charge in [-0.15, -0.1) is 0 Å². The molecule has 146 valence electrons. The molecule has 2 amide bonds. The van der Waals surface area contributed by atoms with Gasteiger partial charge in [0.05, 0.1) is 49.4 Å². The summed E-state index contributed by atoms with van der Waals surface area (Å²) in [5.74, 6) is -1.09. The minimum Gasteiger partial charge on any atom is -0.397 e. The molecule has 12 heteroatoms. The molecule has 26 heavy (non-hydrogen) atoms. The fourth-order valence-electron chi connectivity index (χ4n) is 1.81. The van der Waals surface area contributed by atoms with Crippen LogP contribution in [0.5, 0.6) is 0 Å². The predicted octanol–water partition coefficient (Wildman–Crippen LogP) is -0.751. The van der Waals surface area contributed by atoms with E-state index in [4.69, 9.17) is 15.9 Å². The van der Waals surface area contributed by atoms with Crippen molar-refractivity contribution in [1.82, 2.24) is 10.6 Å². The number of halogens is 3. The molecule has 0 saturated carbocycles. The van der Waals surface area contributed by atoms with Gasteiger partial charge in [-0.05, 0) is 67.8 Å². The number of nitrogens with two attached hydrogens (primary N) is 1. The highest BCUT2D eigenvalue weighted by molar-refractivity contribution is 14.1. The second-order valence-electron chi connectivity index (χ2n) is 5.20. The minimum absolute atomic E-state index is 0.155. The SMILES string of the molecule is Nc1c(I)c(C(=O)NC[C@@H](O)CO)c(I)c(C(=O)NC[C@@H](O)CO)c1I. The molecule has 0 radical (unpaired) electrons. The van der Waals surface area contributed by atoms with E-state index in [0.717, 1.165) is 0 Å². The van der Waals surface area contributed by atoms with E-state index in [2.05, 4.69) is 10.6 Å². The summed E-state index contributed by atoms with van der Waals surface area (Å²) >= 11 is 5.67. The van der Waals surface area contributed by atoms with E-state index in [9.17, 15) is 19.8 Å². The molecule has 1 aromatic carbocycles. The van der Waals surface area contributed by atoms with Gasteiger partial charge in [0, 0.05) is 16.7 Å². The van der Waals surface area contributed by atoms with Gasteiger partial charge in [-0.25, -0.2) is 0 Å². The van der Waals surface area contributed by atoms with Gasteiger partial charge >= 0.3 is 0 Å². The summed E-state index contributed by atoms with van der Waals surface area (Å²) in [5.41, 5.74) is 6.66. The molecular formula is C14H18I3N3O6. The van der Waals surface area contributed by atoms with Crippen LogP contribution < -0.4 is 16.4 Å². The molecular weight excluding hydrogens is 687 g/mol. The van der Waals surface area contributed by atoms with Gasteiger partial charge in [-0.2, -0.15) is 0 Å². The van der Waals surface area contributed by atoms with Crippen molar-refractivity contribution in [2.75, 3.05) is 32.0 Å². The van der Waals surface area contributed by atoms with Crippen LogP contribution in [-0.4, -0.2) is 70.8 Å². The van der Waals surface area contributed by atoms with Gasteiger partial charge in [-0.1, -0.05) is 0 Å². The lowest BCUT2D eigenvalue weighted by Crippen LogP contribution is -2.37. The first kappa shape index (κ1) is 24.0. The molecule has 2 atom stereocenters. The summed E-state index contributed by atoms with van der Waals surface area (Å²) in [6.45, 7) is -1.30. The first-order chi connectivity index (χ1) is 12.1. The van der Waals surface area contributed by atoms with E-state index in [1.54, 1.807) is 0 Å². The summed E-state index contributed by atoms with van der Waals surface area (Å²) in [4.78, 5) is 25.0. The van der Waals surface area contributed by atoms with Crippen molar-refractivity contribution in [3.63, 3.8) is 0 Å². The Kier molecular flexibility index (Phi) is 10.3. The summed E-state index contributed by atoms with van der Waals surface area (Å²) in [6, 6.07) is 0. The molecule has 0 bridgehead atoms. The minimum atomic E-state index is -1.10. The Morgan fingerprint density at radius 2 is 1.19 bits per heavy atom. The molecule has 0 aliphatic heterocycles. The normalized spacial score (nSPS) is 13.2. The van der Waals surface area contributed by atoms with Crippen LogP contribution in [0.1, 0.15) is 20.7 Å². The smallest absolute Gasteiger partial charge is 0.253 e. The van der Waals surface area contributed by atoms with Crippen molar-refractivity contribution >= 4 is 85.3 Å². The van der Waals surface area contributed by atoms with Gasteiger partial charge in [0.25, 0.3) is 11.8 Å². The highest BCUT2D eigenvalue weighted by Crippen LogP contribution is 2.33. The number of carbonyl (C=O) groups excluding carboxylic acids is 2. The number of carbonyl (C=O) groups is 2. The van der Waals surface area contributed by atoms with Crippen LogP contribution in [0.3, 0.4) is 0 Å². The predicted molar refractivity (Wildman–Crippen MR) is 120 cm³/mol. The van der Waals surface area contributed by atoms with Crippen molar-refractivity contribution in [2.24, 2.45) is 0 Å². The van der Waals surface area contributed by atoms with E-state index in [1.165, 1.54) is 0 Å². The second kappa shape index (κ2) is 11.1. The quantitative estimate of drug-likeness (QED) is 0.138. The Balaban J connectivity index is 3.22. The van der Waals surface area contributed by atoms with E-state index in [-0.39, 0.29) is 29.9 Å². The van der Waals surface area contributed by atoms with Crippen LogP contribution in [0, 0.1) is 10.7 Å². The molecule has 0 aromatic heterocycles. The number of anilines is 1. The number of amides is 2. The zero-order chi connectivity index (χ0) is 20.0. The molecule has 0 aliphatic rings. The zero-order valence-corrected chi connectivity index (χ0v) is 19.8. The molecule has 0 fully saturated rings. The number of hydrogen-bond donors (Lipinski definition) is 7. The van der Waals surface area contributed by atoms with Gasteiger partial charge in [0.2, 0.25) is 0 Å². The molecule has 9 nitrogen and oxygen atoms in total. The highest BCUT2D eigenvalue weighted by atomic mass is 127. The summed E-state index contributed by atoms with van der Waals surface area (Å²) in [6.07, 6.45) is -2.20. The summed E-state index contributed by atoms with van der Waals surface area (Å²) in [7, 11) is 0. The van der Waals surface area contributed by atoms with E-state index in [0.29, 0.717) is 10.7 Å². The molecule has 0 saturated heterocycles. The number of aliphatic hydroxyl groups is 4. The number of rotatable bonds is 8. The van der Waals surface area contributed by atoms with Gasteiger partial charge < -0.3 is 36.8 Å². The average molecular weight is 705 g/mol. The number of nitrogens with one attached hydrogen (secondary N) is 2. The van der Waals surface area contributed by atoms with Crippen LogP contribution in [0.4, 0.5) is 5.69 Å². The third-order valence-electron chi connectivity index (χ3n) is 3.22. The van der Waals surface area contributed by atoms with Crippen LogP contribution in [0.25, 0.3) is 0 Å². The molecule has 0 spiro atoms. The second-order valence-corrected chi connectivity index (χ2v) is 8.43. The van der Waals surface area contributed by atoms with Crippen LogP contribution in [0.2, 0.25) is 0 Å². The third kappa shape index (κ3) is 5.99. The van der Waals surface area contributed by atoms with Crippen molar-refractivity contribution in [2.45, 2.75) is 12.2 Å². The highest BCUT2D eigenvalue weighted by Gasteiger charge is 2.27. The lowest BCUT2D eigenvalue weighted by atomic mass is 10.1. The van der Waals surface area contributed by atoms with Gasteiger partial charge in [0.15, 0.2) is 0 Å². The van der Waals surface area contributed by atoms with Crippen LogP contribution in [-0.2, 0) is 0 Å². The molecule has 0 unspecified atom stereocenters. The Morgan fingerprint density at radius 1 is 0.846 bits per heavy atom. The summed E-state index contributed by atoms with van der Waals surface area (Å²) < 4.78 is 1.27. The zero-order valence-electron chi connectivity index (χ0n) is 13.3. The summed E-state index contributed by atoms with van der Waals surface area (Å²) in [5, 5.41) is 41.4. The molecule has 1 aromatic rings. The average Bonchev–Trinajstić information content (AvgIpc) is 2.62. The molecule has 0 heterocycles. The van der Waals surface area contributed by atoms with Gasteiger partial charge in [-0.3, -0.25) is 9.59 Å². The number of hydrogen-bond acceptors (Lipinski definition) is 7. The maximum Gasteiger partial charge on any atom is 0.253 e. The maximum absolute atomic E-state index is 12.5. The lowest BCUT2D eigenvalue weighted by molar-refractivity contribution is 0.0798. The van der Waals surface area contributed by atoms with E-state index in [1.807, 2.05) is 67.8 Å². The lowest BCUT2D eigenvalue weighted by Gasteiger charge is -2.18. The van der Waals surface area contributed by atoms with Crippen LogP contribution in [0.15, 0.2) is 0 Å². The van der Waals surface area contributed by atoms with Gasteiger partial charge in [0.1, 0.15) is 0 Å². The maximum atomic E-state index is 12.5. The topological polar surface area (TPSA) is 165 Å². The molecule has 0 aliphatic carbocycles. The Bertz CT molecular complexity index is 635. The molecule has 1 rings (SSSR count).